The molecule has 0 atom stereocenters. The van der Waals surface area contributed by atoms with E-state index in [1.807, 2.05) is 6.92 Å². The quantitative estimate of drug-likeness (QED) is 0.515. The lowest BCUT2D eigenvalue weighted by molar-refractivity contribution is -0.135. The molecule has 0 N–H and O–H groups in total. The summed E-state index contributed by atoms with van der Waals surface area (Å²) < 4.78 is 24.9. The highest BCUT2D eigenvalue weighted by Gasteiger charge is 2.37. The van der Waals surface area contributed by atoms with E-state index in [4.69, 9.17) is 9.47 Å². The molecule has 2 aromatic carbocycles. The van der Waals surface area contributed by atoms with Crippen LogP contribution in [0.2, 0.25) is 0 Å². The monoisotopic (exact) mass is 484 g/mol. The molecule has 2 aromatic rings. The van der Waals surface area contributed by atoms with Crippen LogP contribution in [-0.4, -0.2) is 53.1 Å². The van der Waals surface area contributed by atoms with E-state index in [-0.39, 0.29) is 29.8 Å². The number of carbonyl (C=O) groups is 3. The number of thioether (sulfide) groups is 1. The summed E-state index contributed by atoms with van der Waals surface area (Å²) in [4.78, 5) is 40.5. The van der Waals surface area contributed by atoms with Crippen molar-refractivity contribution in [1.29, 1.82) is 0 Å². The van der Waals surface area contributed by atoms with Crippen LogP contribution in [-0.2, 0) is 16.2 Å². The second kappa shape index (κ2) is 10.7. The fourth-order valence-corrected chi connectivity index (χ4v) is 4.62. The zero-order valence-corrected chi connectivity index (χ0v) is 19.6. The second-order valence-electron chi connectivity index (χ2n) is 7.91. The van der Waals surface area contributed by atoms with Gasteiger partial charge in [-0.2, -0.15) is 0 Å². The standard InChI is InChI=1S/C25H25FN2O5S/c1-2-32-21-13-17(8-9-20(21)33-16-18-6-5-7-19(26)12-18)14-22-24(30)28(25(31)34-22)15-23(29)27-10-3-4-11-27/h5-9,12-14H,2-4,10-11,15-16H2,1H3/b22-14+. The zero-order valence-electron chi connectivity index (χ0n) is 18.8. The Kier molecular flexibility index (Phi) is 7.52. The molecule has 178 valence electrons. The number of amides is 3. The molecule has 0 spiro atoms. The highest BCUT2D eigenvalue weighted by atomic mass is 32.2. The van der Waals surface area contributed by atoms with Gasteiger partial charge in [-0.1, -0.05) is 18.2 Å². The third-order valence-corrected chi connectivity index (χ3v) is 6.38. The first-order chi connectivity index (χ1) is 16.4. The van der Waals surface area contributed by atoms with Crippen molar-refractivity contribution in [3.63, 3.8) is 0 Å². The van der Waals surface area contributed by atoms with Crippen molar-refractivity contribution in [1.82, 2.24) is 9.80 Å². The molecule has 9 heteroatoms. The Morgan fingerprint density at radius 1 is 1.09 bits per heavy atom. The van der Waals surface area contributed by atoms with Gasteiger partial charge in [-0.25, -0.2) is 4.39 Å². The maximum atomic E-state index is 13.4. The van der Waals surface area contributed by atoms with Gasteiger partial charge in [-0.3, -0.25) is 19.3 Å². The number of carbonyl (C=O) groups excluding carboxylic acids is 3. The minimum absolute atomic E-state index is 0.168. The number of nitrogens with zero attached hydrogens (tertiary/aromatic N) is 2. The van der Waals surface area contributed by atoms with Crippen LogP contribution in [0, 0.1) is 5.82 Å². The summed E-state index contributed by atoms with van der Waals surface area (Å²) in [7, 11) is 0. The average Bonchev–Trinajstić information content (AvgIpc) is 3.44. The molecule has 2 heterocycles. The molecule has 2 aliphatic rings. The van der Waals surface area contributed by atoms with Crippen molar-refractivity contribution in [2.45, 2.75) is 26.4 Å². The maximum Gasteiger partial charge on any atom is 0.294 e. The Morgan fingerprint density at radius 3 is 2.62 bits per heavy atom. The minimum atomic E-state index is -0.480. The fourth-order valence-electron chi connectivity index (χ4n) is 3.78. The molecular weight excluding hydrogens is 459 g/mol. The molecule has 4 rings (SSSR count). The number of benzene rings is 2. The molecule has 0 saturated carbocycles. The van der Waals surface area contributed by atoms with E-state index in [9.17, 15) is 18.8 Å². The second-order valence-corrected chi connectivity index (χ2v) is 8.91. The van der Waals surface area contributed by atoms with Gasteiger partial charge in [0.1, 0.15) is 19.0 Å². The smallest absolute Gasteiger partial charge is 0.294 e. The number of rotatable bonds is 8. The highest BCUT2D eigenvalue weighted by molar-refractivity contribution is 8.18. The van der Waals surface area contributed by atoms with Crippen molar-refractivity contribution in [2.24, 2.45) is 0 Å². The maximum absolute atomic E-state index is 13.4. The minimum Gasteiger partial charge on any atom is -0.490 e. The Balaban J connectivity index is 1.47. The number of imide groups is 1. The molecule has 2 aliphatic heterocycles. The van der Waals surface area contributed by atoms with Crippen LogP contribution in [0.4, 0.5) is 9.18 Å². The third kappa shape index (κ3) is 5.59. The largest absolute Gasteiger partial charge is 0.490 e. The van der Waals surface area contributed by atoms with Gasteiger partial charge in [0.25, 0.3) is 11.1 Å². The summed E-state index contributed by atoms with van der Waals surface area (Å²) >= 11 is 0.814. The van der Waals surface area contributed by atoms with Crippen LogP contribution in [0.15, 0.2) is 47.4 Å². The van der Waals surface area contributed by atoms with Crippen LogP contribution in [0.25, 0.3) is 6.08 Å². The van der Waals surface area contributed by atoms with Gasteiger partial charge in [0.05, 0.1) is 11.5 Å². The van der Waals surface area contributed by atoms with E-state index in [0.29, 0.717) is 42.3 Å². The van der Waals surface area contributed by atoms with Gasteiger partial charge in [0.15, 0.2) is 11.5 Å². The first kappa shape index (κ1) is 23.8. The van der Waals surface area contributed by atoms with E-state index in [2.05, 4.69) is 0 Å². The summed E-state index contributed by atoms with van der Waals surface area (Å²) in [6.07, 6.45) is 3.49. The van der Waals surface area contributed by atoms with Crippen LogP contribution in [0.3, 0.4) is 0 Å². The van der Waals surface area contributed by atoms with Crippen LogP contribution >= 0.6 is 11.8 Å². The molecule has 0 radical (unpaired) electrons. The molecule has 0 aromatic heterocycles. The first-order valence-electron chi connectivity index (χ1n) is 11.1. The van der Waals surface area contributed by atoms with Crippen molar-refractivity contribution < 1.29 is 28.2 Å². The lowest BCUT2D eigenvalue weighted by Crippen LogP contribution is -2.40. The molecule has 34 heavy (non-hydrogen) atoms. The van der Waals surface area contributed by atoms with Gasteiger partial charge in [0.2, 0.25) is 5.91 Å². The molecule has 7 nitrogen and oxygen atoms in total. The summed E-state index contributed by atoms with van der Waals surface area (Å²) in [6.45, 7) is 3.50. The number of hydrogen-bond donors (Lipinski definition) is 0. The van der Waals surface area contributed by atoms with Crippen molar-refractivity contribution in [3.05, 3.63) is 64.3 Å². The lowest BCUT2D eigenvalue weighted by Gasteiger charge is -2.18. The number of likely N-dealkylation sites (tertiary alicyclic amines) is 1. The first-order valence-corrected chi connectivity index (χ1v) is 11.9. The number of hydrogen-bond acceptors (Lipinski definition) is 6. The van der Waals surface area contributed by atoms with Gasteiger partial charge in [-0.15, -0.1) is 0 Å². The topological polar surface area (TPSA) is 76.2 Å². The Hall–Kier alpha value is -3.33. The molecule has 0 unspecified atom stereocenters. The van der Waals surface area contributed by atoms with E-state index in [1.54, 1.807) is 41.3 Å². The molecule has 2 fully saturated rings. The zero-order chi connectivity index (χ0) is 24.1. The molecular formula is C25H25FN2O5S. The summed E-state index contributed by atoms with van der Waals surface area (Å²) in [6, 6.07) is 11.3. The van der Waals surface area contributed by atoms with Crippen molar-refractivity contribution in [2.75, 3.05) is 26.2 Å². The predicted octanol–water partition coefficient (Wildman–Crippen LogP) is 4.46. The molecule has 2 saturated heterocycles. The number of ether oxygens (including phenoxy) is 2. The molecule has 3 amide bonds. The third-order valence-electron chi connectivity index (χ3n) is 5.47. The SMILES string of the molecule is CCOc1cc(/C=C2/SC(=O)N(CC(=O)N3CCCC3)C2=O)ccc1OCc1cccc(F)c1. The van der Waals surface area contributed by atoms with Crippen molar-refractivity contribution in [3.8, 4) is 11.5 Å². The average molecular weight is 485 g/mol. The Morgan fingerprint density at radius 2 is 1.88 bits per heavy atom. The molecule has 0 aliphatic carbocycles. The van der Waals surface area contributed by atoms with E-state index >= 15 is 0 Å². The summed E-state index contributed by atoms with van der Waals surface area (Å²) in [5, 5.41) is -0.455. The highest BCUT2D eigenvalue weighted by Crippen LogP contribution is 2.35. The fraction of sp³-hybridized carbons (Fsp3) is 0.320. The Bertz CT molecular complexity index is 1130. The van der Waals surface area contributed by atoms with Gasteiger partial charge < -0.3 is 14.4 Å². The van der Waals surface area contributed by atoms with E-state index in [0.717, 1.165) is 29.5 Å². The lowest BCUT2D eigenvalue weighted by atomic mass is 10.1. The van der Waals surface area contributed by atoms with E-state index in [1.165, 1.54) is 12.1 Å². The summed E-state index contributed by atoms with van der Waals surface area (Å²) in [5.74, 6) is -0.0763. The van der Waals surface area contributed by atoms with Crippen LogP contribution in [0.5, 0.6) is 11.5 Å². The van der Waals surface area contributed by atoms with Crippen molar-refractivity contribution >= 4 is 34.9 Å². The van der Waals surface area contributed by atoms with Gasteiger partial charge >= 0.3 is 0 Å². The van der Waals surface area contributed by atoms with Gasteiger partial charge in [0, 0.05) is 13.1 Å². The predicted molar refractivity (Wildman–Crippen MR) is 127 cm³/mol. The normalized spacial score (nSPS) is 17.1. The van der Waals surface area contributed by atoms with Crippen LogP contribution in [0.1, 0.15) is 30.9 Å². The van der Waals surface area contributed by atoms with Gasteiger partial charge in [-0.05, 0) is 73.0 Å². The molecule has 0 bridgehead atoms. The van der Waals surface area contributed by atoms with E-state index < -0.39 is 11.1 Å². The Labute approximate surface area is 201 Å². The van der Waals surface area contributed by atoms with Crippen LogP contribution < -0.4 is 9.47 Å². The summed E-state index contributed by atoms with van der Waals surface area (Å²) in [5.41, 5.74) is 1.33. The number of halogens is 1.